The van der Waals surface area contributed by atoms with Crippen molar-refractivity contribution < 1.29 is 9.21 Å². The Hall–Kier alpha value is -2.80. The lowest BCUT2D eigenvalue weighted by Gasteiger charge is -2.22. The van der Waals surface area contributed by atoms with Crippen LogP contribution >= 0.6 is 11.8 Å². The summed E-state index contributed by atoms with van der Waals surface area (Å²) in [7, 11) is 0. The SMILES string of the molecule is CSc1nc(C)c(CCC(=O)N(Cc2ccco2)c2ccc(C)cc2)c(=O)[nH]1. The van der Waals surface area contributed by atoms with E-state index in [1.165, 1.54) is 11.8 Å². The fourth-order valence-corrected chi connectivity index (χ4v) is 3.37. The van der Waals surface area contributed by atoms with Gasteiger partial charge in [-0.05, 0) is 50.8 Å². The molecule has 2 aromatic heterocycles. The number of aromatic nitrogens is 2. The number of furan rings is 1. The minimum Gasteiger partial charge on any atom is -0.467 e. The number of nitrogens with one attached hydrogen (secondary N) is 1. The zero-order valence-electron chi connectivity index (χ0n) is 16.2. The Labute approximate surface area is 168 Å². The molecule has 3 rings (SSSR count). The van der Waals surface area contributed by atoms with Crippen LogP contribution in [-0.2, 0) is 17.8 Å². The van der Waals surface area contributed by atoms with Crippen LogP contribution in [0.4, 0.5) is 5.69 Å². The highest BCUT2D eigenvalue weighted by molar-refractivity contribution is 7.98. The van der Waals surface area contributed by atoms with Crippen LogP contribution in [0.3, 0.4) is 0 Å². The molecule has 0 unspecified atom stereocenters. The number of amides is 1. The number of anilines is 1. The summed E-state index contributed by atoms with van der Waals surface area (Å²) in [6.45, 7) is 4.14. The van der Waals surface area contributed by atoms with E-state index in [1.807, 2.05) is 43.5 Å². The molecule has 28 heavy (non-hydrogen) atoms. The maximum Gasteiger partial charge on any atom is 0.254 e. The molecule has 0 aliphatic heterocycles. The summed E-state index contributed by atoms with van der Waals surface area (Å²) in [5, 5.41) is 0.580. The van der Waals surface area contributed by atoms with Gasteiger partial charge in [0.15, 0.2) is 5.16 Å². The van der Waals surface area contributed by atoms with Gasteiger partial charge in [0.05, 0.1) is 12.8 Å². The van der Waals surface area contributed by atoms with Crippen molar-refractivity contribution in [3.8, 4) is 0 Å². The average Bonchev–Trinajstić information content (AvgIpc) is 3.19. The van der Waals surface area contributed by atoms with Gasteiger partial charge in [-0.15, -0.1) is 0 Å². The van der Waals surface area contributed by atoms with E-state index in [1.54, 1.807) is 24.2 Å². The number of carbonyl (C=O) groups is 1. The van der Waals surface area contributed by atoms with Crippen LogP contribution in [-0.4, -0.2) is 22.1 Å². The van der Waals surface area contributed by atoms with Crippen LogP contribution in [0.25, 0.3) is 0 Å². The van der Waals surface area contributed by atoms with E-state index in [-0.39, 0.29) is 17.9 Å². The van der Waals surface area contributed by atoms with Crippen LogP contribution in [0.2, 0.25) is 0 Å². The molecule has 0 saturated carbocycles. The highest BCUT2D eigenvalue weighted by atomic mass is 32.2. The monoisotopic (exact) mass is 397 g/mol. The normalized spacial score (nSPS) is 10.8. The maximum atomic E-state index is 13.0. The lowest BCUT2D eigenvalue weighted by Crippen LogP contribution is -2.31. The van der Waals surface area contributed by atoms with Gasteiger partial charge < -0.3 is 14.3 Å². The third kappa shape index (κ3) is 4.72. The molecule has 0 radical (unpaired) electrons. The lowest BCUT2D eigenvalue weighted by molar-refractivity contribution is -0.118. The van der Waals surface area contributed by atoms with Gasteiger partial charge in [0.25, 0.3) is 5.56 Å². The molecule has 0 aliphatic carbocycles. The van der Waals surface area contributed by atoms with Crippen LogP contribution in [0.5, 0.6) is 0 Å². The molecule has 0 atom stereocenters. The van der Waals surface area contributed by atoms with Gasteiger partial charge in [-0.2, -0.15) is 0 Å². The summed E-state index contributed by atoms with van der Waals surface area (Å²) in [4.78, 5) is 34.1. The van der Waals surface area contributed by atoms with Crippen molar-refractivity contribution in [2.24, 2.45) is 0 Å². The van der Waals surface area contributed by atoms with E-state index in [4.69, 9.17) is 4.42 Å². The first-order valence-electron chi connectivity index (χ1n) is 9.01. The number of rotatable bonds is 7. The fraction of sp³-hybridized carbons (Fsp3) is 0.286. The quantitative estimate of drug-likeness (QED) is 0.484. The molecular formula is C21H23N3O3S. The third-order valence-corrected chi connectivity index (χ3v) is 5.10. The molecule has 0 saturated heterocycles. The van der Waals surface area contributed by atoms with Crippen molar-refractivity contribution in [3.63, 3.8) is 0 Å². The first-order chi connectivity index (χ1) is 13.5. The van der Waals surface area contributed by atoms with Crippen molar-refractivity contribution in [1.29, 1.82) is 0 Å². The molecule has 1 amide bonds. The number of benzene rings is 1. The molecular weight excluding hydrogens is 374 g/mol. The lowest BCUT2D eigenvalue weighted by atomic mass is 10.1. The van der Waals surface area contributed by atoms with Crippen molar-refractivity contribution >= 4 is 23.4 Å². The summed E-state index contributed by atoms with van der Waals surface area (Å²) in [6.07, 6.45) is 3.99. The molecule has 1 aromatic carbocycles. The van der Waals surface area contributed by atoms with Crippen molar-refractivity contribution in [2.75, 3.05) is 11.2 Å². The number of hydrogen-bond acceptors (Lipinski definition) is 5. The zero-order valence-corrected chi connectivity index (χ0v) is 17.0. The summed E-state index contributed by atoms with van der Waals surface area (Å²) < 4.78 is 5.42. The van der Waals surface area contributed by atoms with Gasteiger partial charge in [-0.3, -0.25) is 9.59 Å². The number of hydrogen-bond donors (Lipinski definition) is 1. The Kier molecular flexibility index (Phi) is 6.36. The Morgan fingerprint density at radius 1 is 1.21 bits per heavy atom. The summed E-state index contributed by atoms with van der Waals surface area (Å²) in [6, 6.07) is 11.4. The van der Waals surface area contributed by atoms with Crippen molar-refractivity contribution in [2.45, 2.75) is 38.4 Å². The summed E-state index contributed by atoms with van der Waals surface area (Å²) >= 11 is 1.38. The fourth-order valence-electron chi connectivity index (χ4n) is 2.95. The van der Waals surface area contributed by atoms with E-state index < -0.39 is 0 Å². The molecule has 7 heteroatoms. The van der Waals surface area contributed by atoms with E-state index in [0.29, 0.717) is 35.1 Å². The molecule has 2 heterocycles. The van der Waals surface area contributed by atoms with Gasteiger partial charge in [0, 0.05) is 23.4 Å². The molecule has 6 nitrogen and oxygen atoms in total. The topological polar surface area (TPSA) is 79.2 Å². The first-order valence-corrected chi connectivity index (χ1v) is 10.2. The van der Waals surface area contributed by atoms with E-state index >= 15 is 0 Å². The molecule has 0 spiro atoms. The zero-order chi connectivity index (χ0) is 20.1. The van der Waals surface area contributed by atoms with Crippen LogP contribution in [0.15, 0.2) is 57.0 Å². The van der Waals surface area contributed by atoms with Crippen LogP contribution in [0, 0.1) is 13.8 Å². The highest BCUT2D eigenvalue weighted by Crippen LogP contribution is 2.20. The number of aromatic amines is 1. The van der Waals surface area contributed by atoms with Crippen molar-refractivity contribution in [3.05, 3.63) is 75.6 Å². The Bertz CT molecular complexity index is 995. The number of thioether (sulfide) groups is 1. The van der Waals surface area contributed by atoms with Crippen molar-refractivity contribution in [1.82, 2.24) is 9.97 Å². The minimum atomic E-state index is -0.183. The molecule has 3 aromatic rings. The van der Waals surface area contributed by atoms with Gasteiger partial charge in [0.2, 0.25) is 5.91 Å². The predicted molar refractivity (Wildman–Crippen MR) is 111 cm³/mol. The minimum absolute atomic E-state index is 0.0759. The van der Waals surface area contributed by atoms with Gasteiger partial charge in [-0.25, -0.2) is 4.98 Å². The Balaban J connectivity index is 1.80. The smallest absolute Gasteiger partial charge is 0.254 e. The number of nitrogens with zero attached hydrogens (tertiary/aromatic N) is 2. The summed E-state index contributed by atoms with van der Waals surface area (Å²) in [5.41, 5.74) is 2.95. The number of H-pyrrole nitrogens is 1. The number of carbonyl (C=O) groups excluding carboxylic acids is 1. The van der Waals surface area contributed by atoms with Crippen LogP contribution in [0.1, 0.15) is 29.0 Å². The Morgan fingerprint density at radius 2 is 1.96 bits per heavy atom. The molecule has 0 fully saturated rings. The van der Waals surface area contributed by atoms with Gasteiger partial charge >= 0.3 is 0 Å². The van der Waals surface area contributed by atoms with E-state index in [9.17, 15) is 9.59 Å². The highest BCUT2D eigenvalue weighted by Gasteiger charge is 2.19. The molecule has 1 N–H and O–H groups in total. The second kappa shape index (κ2) is 8.93. The first kappa shape index (κ1) is 19.9. The molecule has 0 aliphatic rings. The van der Waals surface area contributed by atoms with Gasteiger partial charge in [0.1, 0.15) is 5.76 Å². The third-order valence-electron chi connectivity index (χ3n) is 4.52. The maximum absolute atomic E-state index is 13.0. The van der Waals surface area contributed by atoms with Crippen LogP contribution < -0.4 is 10.5 Å². The van der Waals surface area contributed by atoms with E-state index in [0.717, 1.165) is 11.3 Å². The molecule has 0 bridgehead atoms. The summed E-state index contributed by atoms with van der Waals surface area (Å²) in [5.74, 6) is 0.627. The van der Waals surface area contributed by atoms with E-state index in [2.05, 4.69) is 9.97 Å². The Morgan fingerprint density at radius 3 is 2.57 bits per heavy atom. The largest absolute Gasteiger partial charge is 0.467 e. The standard InChI is InChI=1S/C21H23N3O3S/c1-14-6-8-16(9-7-14)24(13-17-5-4-12-27-17)19(25)11-10-18-15(2)22-21(28-3)23-20(18)26/h4-9,12H,10-11,13H2,1-3H3,(H,22,23,26). The predicted octanol–water partition coefficient (Wildman–Crippen LogP) is 3.87. The second-order valence-corrected chi connectivity index (χ2v) is 7.33. The molecule has 146 valence electrons. The average molecular weight is 398 g/mol. The number of aryl methyl sites for hydroxylation is 2. The van der Waals surface area contributed by atoms with Gasteiger partial charge in [-0.1, -0.05) is 29.5 Å². The second-order valence-electron chi connectivity index (χ2n) is 6.53.